The molecule has 0 saturated heterocycles. The molecule has 0 bridgehead atoms. The van der Waals surface area contributed by atoms with E-state index in [0.29, 0.717) is 18.7 Å². The first kappa shape index (κ1) is 18.4. The van der Waals surface area contributed by atoms with Crippen LogP contribution in [0.4, 0.5) is 5.95 Å². The predicted octanol–water partition coefficient (Wildman–Crippen LogP) is 2.62. The van der Waals surface area contributed by atoms with Crippen LogP contribution in [0.25, 0.3) is 0 Å². The van der Waals surface area contributed by atoms with Crippen LogP contribution in [-0.4, -0.2) is 34.4 Å². The van der Waals surface area contributed by atoms with Gasteiger partial charge in [0.05, 0.1) is 24.4 Å². The Hall–Kier alpha value is -2.97. The van der Waals surface area contributed by atoms with Crippen molar-refractivity contribution in [1.29, 1.82) is 0 Å². The van der Waals surface area contributed by atoms with Gasteiger partial charge in [-0.1, -0.05) is 12.1 Å². The highest BCUT2D eigenvalue weighted by Gasteiger charge is 2.28. The summed E-state index contributed by atoms with van der Waals surface area (Å²) >= 11 is 1.50. The van der Waals surface area contributed by atoms with E-state index in [1.54, 1.807) is 13.3 Å². The van der Waals surface area contributed by atoms with Crippen molar-refractivity contribution in [3.8, 4) is 5.75 Å². The van der Waals surface area contributed by atoms with Gasteiger partial charge in [0.25, 0.3) is 5.91 Å². The Balaban J connectivity index is 1.55. The molecule has 3 N–H and O–H groups in total. The molecule has 1 atom stereocenters. The van der Waals surface area contributed by atoms with Crippen LogP contribution in [0.5, 0.6) is 5.75 Å². The largest absolute Gasteiger partial charge is 0.497 e. The standard InChI is InChI=1S/C20H21N5O2S/c1-27-15-4-2-13(3-5-15)9-25-10-17(23-19(26)14-6-7-28-12-14)16-8-22-20(21)24-18(16)11-25/h2-8,12,17H,9-11H2,1H3,(H,23,26)(H2,21,22,24)/t17-/m1/s1. The lowest BCUT2D eigenvalue weighted by atomic mass is 10.00. The number of ether oxygens (including phenoxy) is 1. The Morgan fingerprint density at radius 3 is 2.89 bits per heavy atom. The Morgan fingerprint density at radius 2 is 2.18 bits per heavy atom. The fraction of sp³-hybridized carbons (Fsp3) is 0.250. The highest BCUT2D eigenvalue weighted by atomic mass is 32.1. The number of carbonyl (C=O) groups is 1. The fourth-order valence-corrected chi connectivity index (χ4v) is 4.00. The Labute approximate surface area is 167 Å². The summed E-state index contributed by atoms with van der Waals surface area (Å²) in [6.07, 6.45) is 1.72. The Kier molecular flexibility index (Phi) is 5.23. The van der Waals surface area contributed by atoms with Crippen molar-refractivity contribution < 1.29 is 9.53 Å². The summed E-state index contributed by atoms with van der Waals surface area (Å²) in [4.78, 5) is 23.4. The highest BCUT2D eigenvalue weighted by Crippen LogP contribution is 2.27. The van der Waals surface area contributed by atoms with E-state index < -0.39 is 0 Å². The van der Waals surface area contributed by atoms with E-state index in [0.717, 1.165) is 29.1 Å². The molecule has 1 aromatic carbocycles. The van der Waals surface area contributed by atoms with Crippen molar-refractivity contribution in [3.05, 3.63) is 69.7 Å². The maximum Gasteiger partial charge on any atom is 0.252 e. The van der Waals surface area contributed by atoms with Gasteiger partial charge in [-0.25, -0.2) is 9.97 Å². The SMILES string of the molecule is COc1ccc(CN2Cc3nc(N)ncc3[C@H](NC(=O)c3ccsc3)C2)cc1. The Morgan fingerprint density at radius 1 is 1.36 bits per heavy atom. The summed E-state index contributed by atoms with van der Waals surface area (Å²) in [5.74, 6) is 0.974. The zero-order valence-electron chi connectivity index (χ0n) is 15.5. The molecule has 1 amide bonds. The van der Waals surface area contributed by atoms with Crippen LogP contribution in [-0.2, 0) is 13.1 Å². The van der Waals surface area contributed by atoms with E-state index in [1.165, 1.54) is 11.3 Å². The summed E-state index contributed by atoms with van der Waals surface area (Å²) < 4.78 is 5.22. The lowest BCUT2D eigenvalue weighted by molar-refractivity contribution is 0.0913. The van der Waals surface area contributed by atoms with Crippen LogP contribution < -0.4 is 15.8 Å². The minimum absolute atomic E-state index is 0.0969. The maximum absolute atomic E-state index is 12.6. The molecule has 28 heavy (non-hydrogen) atoms. The second-order valence-electron chi connectivity index (χ2n) is 6.69. The summed E-state index contributed by atoms with van der Waals surface area (Å²) in [6.45, 7) is 2.05. The van der Waals surface area contributed by atoms with Crippen LogP contribution in [0.2, 0.25) is 0 Å². The van der Waals surface area contributed by atoms with Gasteiger partial charge in [0.1, 0.15) is 5.75 Å². The predicted molar refractivity (Wildman–Crippen MR) is 108 cm³/mol. The van der Waals surface area contributed by atoms with E-state index in [9.17, 15) is 4.79 Å². The summed E-state index contributed by atoms with van der Waals surface area (Å²) in [5.41, 5.74) is 9.39. The van der Waals surface area contributed by atoms with Crippen LogP contribution in [0.3, 0.4) is 0 Å². The normalized spacial score (nSPS) is 16.4. The number of aromatic nitrogens is 2. The van der Waals surface area contributed by atoms with E-state index in [4.69, 9.17) is 10.5 Å². The summed E-state index contributed by atoms with van der Waals surface area (Å²) in [7, 11) is 1.65. The average Bonchev–Trinajstić information content (AvgIpc) is 3.23. The molecule has 144 valence electrons. The fourth-order valence-electron chi connectivity index (χ4n) is 3.36. The van der Waals surface area contributed by atoms with Gasteiger partial charge < -0.3 is 15.8 Å². The third kappa shape index (κ3) is 3.97. The third-order valence-electron chi connectivity index (χ3n) is 4.76. The van der Waals surface area contributed by atoms with Gasteiger partial charge in [0.2, 0.25) is 5.95 Å². The van der Waals surface area contributed by atoms with Gasteiger partial charge in [0.15, 0.2) is 0 Å². The van der Waals surface area contributed by atoms with Gasteiger partial charge >= 0.3 is 0 Å². The molecule has 1 aliphatic rings. The maximum atomic E-state index is 12.6. The Bertz CT molecular complexity index is 959. The number of anilines is 1. The number of hydrogen-bond donors (Lipinski definition) is 2. The molecule has 2 aromatic heterocycles. The molecule has 1 aliphatic heterocycles. The van der Waals surface area contributed by atoms with Gasteiger partial charge in [-0.3, -0.25) is 9.69 Å². The molecule has 3 aromatic rings. The molecule has 8 heteroatoms. The van der Waals surface area contributed by atoms with Crippen LogP contribution in [0, 0.1) is 0 Å². The number of nitrogen functional groups attached to an aromatic ring is 1. The number of rotatable bonds is 5. The summed E-state index contributed by atoms with van der Waals surface area (Å²) in [5, 5.41) is 6.85. The molecule has 4 rings (SSSR count). The molecule has 3 heterocycles. The van der Waals surface area contributed by atoms with Gasteiger partial charge in [-0.05, 0) is 29.1 Å². The van der Waals surface area contributed by atoms with Crippen molar-refractivity contribution in [3.63, 3.8) is 0 Å². The topological polar surface area (TPSA) is 93.4 Å². The lowest BCUT2D eigenvalue weighted by Gasteiger charge is -2.34. The van der Waals surface area contributed by atoms with E-state index in [1.807, 2.05) is 41.1 Å². The second-order valence-corrected chi connectivity index (χ2v) is 7.47. The smallest absolute Gasteiger partial charge is 0.252 e. The number of nitrogens with zero attached hydrogens (tertiary/aromatic N) is 3. The number of carbonyl (C=O) groups excluding carboxylic acids is 1. The number of nitrogens with two attached hydrogens (primary N) is 1. The number of thiophene rings is 1. The molecule has 0 radical (unpaired) electrons. The first-order valence-corrected chi connectivity index (χ1v) is 9.86. The van der Waals surface area contributed by atoms with Crippen molar-refractivity contribution in [2.75, 3.05) is 19.4 Å². The first-order valence-electron chi connectivity index (χ1n) is 8.92. The second kappa shape index (κ2) is 7.95. The van der Waals surface area contributed by atoms with Gasteiger partial charge in [-0.2, -0.15) is 11.3 Å². The zero-order valence-corrected chi connectivity index (χ0v) is 16.3. The van der Waals surface area contributed by atoms with Crippen molar-refractivity contribution >= 4 is 23.2 Å². The van der Waals surface area contributed by atoms with E-state index >= 15 is 0 Å². The first-order chi connectivity index (χ1) is 13.6. The average molecular weight is 395 g/mol. The molecule has 0 saturated carbocycles. The number of hydrogen-bond acceptors (Lipinski definition) is 7. The number of benzene rings is 1. The summed E-state index contributed by atoms with van der Waals surface area (Å²) in [6, 6.07) is 9.60. The molecule has 0 spiro atoms. The molecule has 0 unspecified atom stereocenters. The van der Waals surface area contributed by atoms with Crippen LogP contribution in [0.15, 0.2) is 47.3 Å². The third-order valence-corrected chi connectivity index (χ3v) is 5.45. The van der Waals surface area contributed by atoms with Crippen molar-refractivity contribution in [2.24, 2.45) is 0 Å². The number of amides is 1. The quantitative estimate of drug-likeness (QED) is 0.690. The van der Waals surface area contributed by atoms with Gasteiger partial charge in [-0.15, -0.1) is 0 Å². The van der Waals surface area contributed by atoms with Crippen molar-refractivity contribution in [2.45, 2.75) is 19.1 Å². The molecule has 0 aliphatic carbocycles. The van der Waals surface area contributed by atoms with Crippen LogP contribution >= 0.6 is 11.3 Å². The zero-order chi connectivity index (χ0) is 19.5. The monoisotopic (exact) mass is 395 g/mol. The molecular formula is C20H21N5O2S. The number of nitrogens with one attached hydrogen (secondary N) is 1. The minimum atomic E-state index is -0.199. The highest BCUT2D eigenvalue weighted by molar-refractivity contribution is 7.08. The number of methoxy groups -OCH3 is 1. The lowest BCUT2D eigenvalue weighted by Crippen LogP contribution is -2.42. The number of fused-ring (bicyclic) bond motifs is 1. The molecular weight excluding hydrogens is 374 g/mol. The van der Waals surface area contributed by atoms with Gasteiger partial charge in [0, 0.05) is 36.8 Å². The van der Waals surface area contributed by atoms with Crippen molar-refractivity contribution in [1.82, 2.24) is 20.2 Å². The van der Waals surface area contributed by atoms with E-state index in [2.05, 4.69) is 20.2 Å². The molecule has 7 nitrogen and oxygen atoms in total. The molecule has 0 fully saturated rings. The van der Waals surface area contributed by atoms with Crippen LogP contribution in [0.1, 0.15) is 33.2 Å². The minimum Gasteiger partial charge on any atom is -0.497 e. The van der Waals surface area contributed by atoms with E-state index in [-0.39, 0.29) is 17.9 Å².